The van der Waals surface area contributed by atoms with Crippen LogP contribution in [-0.2, 0) is 11.2 Å². The quantitative estimate of drug-likeness (QED) is 0.753. The molecule has 2 aromatic rings. The maximum atomic E-state index is 12.7. The smallest absolute Gasteiger partial charge is 0.251 e. The van der Waals surface area contributed by atoms with Gasteiger partial charge >= 0.3 is 0 Å². The molecule has 4 atom stereocenters. The van der Waals surface area contributed by atoms with Crippen molar-refractivity contribution in [3.05, 3.63) is 71.3 Å². The van der Waals surface area contributed by atoms with E-state index in [1.807, 2.05) is 47.4 Å². The van der Waals surface area contributed by atoms with Crippen molar-refractivity contribution in [2.45, 2.75) is 43.5 Å². The highest BCUT2D eigenvalue weighted by Gasteiger charge is 2.40. The molecule has 2 bridgehead atoms. The Hall–Kier alpha value is -2.27. The fraction of sp³-hybridized carbons (Fsp3) is 0.440. The van der Waals surface area contributed by atoms with E-state index in [9.17, 15) is 9.59 Å². The van der Waals surface area contributed by atoms with Gasteiger partial charge in [-0.2, -0.15) is 0 Å². The molecule has 2 amide bonds. The van der Waals surface area contributed by atoms with Crippen LogP contribution in [0.3, 0.4) is 0 Å². The van der Waals surface area contributed by atoms with Gasteiger partial charge in [-0.15, -0.1) is 11.8 Å². The van der Waals surface area contributed by atoms with Gasteiger partial charge in [0.25, 0.3) is 5.91 Å². The minimum Gasteiger partial charge on any atom is -0.349 e. The molecule has 0 aromatic heterocycles. The van der Waals surface area contributed by atoms with E-state index in [4.69, 9.17) is 0 Å². The molecule has 1 heterocycles. The maximum Gasteiger partial charge on any atom is 0.251 e. The van der Waals surface area contributed by atoms with Gasteiger partial charge in [0.05, 0.1) is 5.75 Å². The van der Waals surface area contributed by atoms with Crippen molar-refractivity contribution >= 4 is 23.6 Å². The number of fused-ring (bicyclic) bond motifs is 2. The van der Waals surface area contributed by atoms with E-state index in [0.717, 1.165) is 24.3 Å². The van der Waals surface area contributed by atoms with Gasteiger partial charge in [-0.25, -0.2) is 0 Å². The second-order valence-corrected chi connectivity index (χ2v) is 9.93. The number of hydrogen-bond donors (Lipinski definition) is 1. The molecule has 3 aliphatic rings. The lowest BCUT2D eigenvalue weighted by atomic mass is 9.95. The Kier molecular flexibility index (Phi) is 5.55. The first kappa shape index (κ1) is 19.7. The van der Waals surface area contributed by atoms with E-state index in [-0.39, 0.29) is 17.2 Å². The lowest BCUT2D eigenvalue weighted by Crippen LogP contribution is -2.38. The third-order valence-electron chi connectivity index (χ3n) is 6.96. The van der Waals surface area contributed by atoms with E-state index < -0.39 is 0 Å². The van der Waals surface area contributed by atoms with E-state index >= 15 is 0 Å². The van der Waals surface area contributed by atoms with Gasteiger partial charge in [-0.3, -0.25) is 9.59 Å². The molecule has 2 aliphatic carbocycles. The summed E-state index contributed by atoms with van der Waals surface area (Å²) < 4.78 is 0. The topological polar surface area (TPSA) is 49.4 Å². The van der Waals surface area contributed by atoms with Crippen molar-refractivity contribution in [2.24, 2.45) is 11.8 Å². The molecule has 1 saturated heterocycles. The molecule has 5 rings (SSSR count). The van der Waals surface area contributed by atoms with Crippen molar-refractivity contribution in [2.75, 3.05) is 12.3 Å². The van der Waals surface area contributed by atoms with Crippen molar-refractivity contribution in [3.8, 4) is 0 Å². The Labute approximate surface area is 182 Å². The standard InChI is InChI=1S/C25H28N2O2S/c28-23-16-30-25(27(23)13-12-17-4-2-1-3-5-17)20-10-8-19(9-11-20)24(29)26-22-15-18-6-7-21(22)14-18/h1-5,8-11,18,21-22,25H,6-7,12-16H2,(H,26,29)/t18-,21+,22-,25-/m0/s1. The van der Waals surface area contributed by atoms with Crippen molar-refractivity contribution < 1.29 is 9.59 Å². The van der Waals surface area contributed by atoms with E-state index in [2.05, 4.69) is 17.4 Å². The van der Waals surface area contributed by atoms with Crippen LogP contribution in [-0.4, -0.2) is 35.1 Å². The predicted octanol–water partition coefficient (Wildman–Crippen LogP) is 4.42. The zero-order chi connectivity index (χ0) is 20.5. The average molecular weight is 421 g/mol. The van der Waals surface area contributed by atoms with Crippen LogP contribution < -0.4 is 5.32 Å². The summed E-state index contributed by atoms with van der Waals surface area (Å²) in [5.41, 5.74) is 3.05. The number of carbonyl (C=O) groups excluding carboxylic acids is 2. The Morgan fingerprint density at radius 2 is 1.83 bits per heavy atom. The maximum absolute atomic E-state index is 12.7. The van der Waals surface area contributed by atoms with Crippen LogP contribution >= 0.6 is 11.8 Å². The lowest BCUT2D eigenvalue weighted by molar-refractivity contribution is -0.128. The second kappa shape index (κ2) is 8.46. The summed E-state index contributed by atoms with van der Waals surface area (Å²) in [5, 5.41) is 3.29. The number of amides is 2. The normalized spacial score (nSPS) is 27.6. The van der Waals surface area contributed by atoms with E-state index in [1.165, 1.54) is 24.8 Å². The Balaban J connectivity index is 1.22. The molecule has 2 aromatic carbocycles. The van der Waals surface area contributed by atoms with Crippen LogP contribution in [0.4, 0.5) is 0 Å². The molecule has 0 radical (unpaired) electrons. The van der Waals surface area contributed by atoms with Gasteiger partial charge < -0.3 is 10.2 Å². The van der Waals surface area contributed by atoms with Crippen molar-refractivity contribution in [3.63, 3.8) is 0 Å². The summed E-state index contributed by atoms with van der Waals surface area (Å²) in [6.07, 6.45) is 5.89. The largest absolute Gasteiger partial charge is 0.349 e. The minimum atomic E-state index is 0.0314. The molecule has 156 valence electrons. The summed E-state index contributed by atoms with van der Waals surface area (Å²) in [6, 6.07) is 18.5. The SMILES string of the molecule is O=C(N[C@H]1C[C@H]2CC[C@@H]1C2)c1ccc([C@@H]2SCC(=O)N2CCc2ccccc2)cc1. The monoisotopic (exact) mass is 420 g/mol. The highest BCUT2D eigenvalue weighted by molar-refractivity contribution is 8.00. The van der Waals surface area contributed by atoms with Gasteiger partial charge in [0, 0.05) is 18.2 Å². The summed E-state index contributed by atoms with van der Waals surface area (Å²) in [5.74, 6) is 2.25. The fourth-order valence-corrected chi connectivity index (χ4v) is 6.56. The number of hydrogen-bond acceptors (Lipinski definition) is 3. The number of nitrogens with zero attached hydrogens (tertiary/aromatic N) is 1. The molecule has 4 nitrogen and oxygen atoms in total. The summed E-state index contributed by atoms with van der Waals surface area (Å²) in [7, 11) is 0. The van der Waals surface area contributed by atoms with Gasteiger partial charge in [0.15, 0.2) is 0 Å². The highest BCUT2D eigenvalue weighted by Crippen LogP contribution is 2.44. The molecule has 1 aliphatic heterocycles. The first-order chi connectivity index (χ1) is 14.7. The van der Waals surface area contributed by atoms with Crippen LogP contribution in [0.25, 0.3) is 0 Å². The highest BCUT2D eigenvalue weighted by atomic mass is 32.2. The summed E-state index contributed by atoms with van der Waals surface area (Å²) in [6.45, 7) is 0.715. The second-order valence-electron chi connectivity index (χ2n) is 8.86. The van der Waals surface area contributed by atoms with Crippen LogP contribution in [0.2, 0.25) is 0 Å². The zero-order valence-corrected chi connectivity index (χ0v) is 17.9. The minimum absolute atomic E-state index is 0.0314. The summed E-state index contributed by atoms with van der Waals surface area (Å²) in [4.78, 5) is 27.1. The van der Waals surface area contributed by atoms with Gasteiger partial charge in [0.1, 0.15) is 5.37 Å². The first-order valence-electron chi connectivity index (χ1n) is 11.0. The van der Waals surface area contributed by atoms with E-state index in [0.29, 0.717) is 29.8 Å². The number of carbonyl (C=O) groups is 2. The fourth-order valence-electron chi connectivity index (χ4n) is 5.34. The molecule has 0 unspecified atom stereocenters. The Morgan fingerprint density at radius 1 is 1.03 bits per heavy atom. The molecule has 30 heavy (non-hydrogen) atoms. The molecule has 2 saturated carbocycles. The van der Waals surface area contributed by atoms with Crippen molar-refractivity contribution in [1.82, 2.24) is 10.2 Å². The van der Waals surface area contributed by atoms with Crippen LogP contribution in [0.5, 0.6) is 0 Å². The average Bonchev–Trinajstić information content (AvgIpc) is 3.49. The first-order valence-corrected chi connectivity index (χ1v) is 12.1. The van der Waals surface area contributed by atoms with Crippen LogP contribution in [0.1, 0.15) is 52.5 Å². The third-order valence-corrected chi connectivity index (χ3v) is 8.22. The van der Waals surface area contributed by atoms with Crippen molar-refractivity contribution in [1.29, 1.82) is 0 Å². The molecule has 5 heteroatoms. The zero-order valence-electron chi connectivity index (χ0n) is 17.1. The predicted molar refractivity (Wildman–Crippen MR) is 120 cm³/mol. The Morgan fingerprint density at radius 3 is 2.53 bits per heavy atom. The number of thioether (sulfide) groups is 1. The van der Waals surface area contributed by atoms with Gasteiger partial charge in [0.2, 0.25) is 5.91 Å². The number of rotatable bonds is 6. The molecular weight excluding hydrogens is 392 g/mol. The molecular formula is C25H28N2O2S. The van der Waals surface area contributed by atoms with Gasteiger partial charge in [-0.05, 0) is 60.8 Å². The van der Waals surface area contributed by atoms with Crippen LogP contribution in [0.15, 0.2) is 54.6 Å². The number of nitrogens with one attached hydrogen (secondary N) is 1. The van der Waals surface area contributed by atoms with Gasteiger partial charge in [-0.1, -0.05) is 48.9 Å². The summed E-state index contributed by atoms with van der Waals surface area (Å²) >= 11 is 1.67. The number of benzene rings is 2. The Bertz CT molecular complexity index is 915. The third kappa shape index (κ3) is 4.00. The van der Waals surface area contributed by atoms with Crippen LogP contribution in [0, 0.1) is 11.8 Å². The van der Waals surface area contributed by atoms with E-state index in [1.54, 1.807) is 11.8 Å². The molecule has 0 spiro atoms. The molecule has 1 N–H and O–H groups in total. The molecule has 3 fully saturated rings. The lowest BCUT2D eigenvalue weighted by Gasteiger charge is -2.25.